The van der Waals surface area contributed by atoms with Crippen LogP contribution in [0.4, 0.5) is 0 Å². The van der Waals surface area contributed by atoms with Gasteiger partial charge in [-0.15, -0.1) is 0 Å². The summed E-state index contributed by atoms with van der Waals surface area (Å²) in [5.41, 5.74) is -1.07. The zero-order chi connectivity index (χ0) is 16.3. The average molecular weight is 299 g/mol. The van der Waals surface area contributed by atoms with Crippen molar-refractivity contribution < 1.29 is 15.3 Å². The standard InChI is InChI=1S/C15H29N3O3/c1-6-11(7-2)14(8-3,15(19,20)21)9-12-16-13(10(4)5)18-17-12/h10-11,19-21H,6-9H2,1-5H3,(H,16,17,18). The molecular weight excluding hydrogens is 270 g/mol. The topological polar surface area (TPSA) is 102 Å². The first-order chi connectivity index (χ1) is 9.71. The molecule has 6 nitrogen and oxygen atoms in total. The van der Waals surface area contributed by atoms with Gasteiger partial charge in [0.15, 0.2) is 5.82 Å². The third-order valence-electron chi connectivity index (χ3n) is 4.61. The van der Waals surface area contributed by atoms with Crippen molar-refractivity contribution in [2.75, 3.05) is 0 Å². The molecule has 0 saturated carbocycles. The van der Waals surface area contributed by atoms with Gasteiger partial charge in [0.1, 0.15) is 5.82 Å². The van der Waals surface area contributed by atoms with E-state index in [1.54, 1.807) is 0 Å². The molecule has 0 aliphatic carbocycles. The minimum atomic E-state index is -2.75. The van der Waals surface area contributed by atoms with Gasteiger partial charge in [-0.05, 0) is 12.3 Å². The predicted molar refractivity (Wildman–Crippen MR) is 80.4 cm³/mol. The molecule has 0 amide bonds. The Balaban J connectivity index is 3.17. The van der Waals surface area contributed by atoms with Gasteiger partial charge in [-0.1, -0.05) is 47.5 Å². The van der Waals surface area contributed by atoms with E-state index < -0.39 is 11.4 Å². The summed E-state index contributed by atoms with van der Waals surface area (Å²) in [5, 5.41) is 37.0. The molecule has 0 aromatic carbocycles. The maximum absolute atomic E-state index is 9.99. The predicted octanol–water partition coefficient (Wildman–Crippen LogP) is 1.93. The van der Waals surface area contributed by atoms with Crippen LogP contribution < -0.4 is 0 Å². The quantitative estimate of drug-likeness (QED) is 0.549. The molecule has 0 saturated heterocycles. The Morgan fingerprint density at radius 1 is 1.10 bits per heavy atom. The zero-order valence-corrected chi connectivity index (χ0v) is 13.7. The number of nitrogens with zero attached hydrogens (tertiary/aromatic N) is 2. The van der Waals surface area contributed by atoms with Crippen LogP contribution in [0.25, 0.3) is 0 Å². The lowest BCUT2D eigenvalue weighted by Gasteiger charge is -2.44. The van der Waals surface area contributed by atoms with Crippen molar-refractivity contribution in [1.29, 1.82) is 0 Å². The van der Waals surface area contributed by atoms with Crippen molar-refractivity contribution in [2.45, 2.75) is 72.2 Å². The summed E-state index contributed by atoms with van der Waals surface area (Å²) in [7, 11) is 0. The van der Waals surface area contributed by atoms with Crippen molar-refractivity contribution in [3.05, 3.63) is 11.6 Å². The highest BCUT2D eigenvalue weighted by Gasteiger charge is 2.52. The Morgan fingerprint density at radius 3 is 2.00 bits per heavy atom. The molecule has 0 bridgehead atoms. The van der Waals surface area contributed by atoms with Crippen LogP contribution in [0.15, 0.2) is 0 Å². The number of aliphatic hydroxyl groups is 3. The van der Waals surface area contributed by atoms with Gasteiger partial charge in [-0.2, -0.15) is 5.10 Å². The average Bonchev–Trinajstić information content (AvgIpc) is 2.86. The fraction of sp³-hybridized carbons (Fsp3) is 0.867. The van der Waals surface area contributed by atoms with Crippen molar-refractivity contribution >= 4 is 0 Å². The maximum Gasteiger partial charge on any atom is 0.281 e. The van der Waals surface area contributed by atoms with Crippen LogP contribution in [0, 0.1) is 11.3 Å². The minimum Gasteiger partial charge on any atom is -0.343 e. The lowest BCUT2D eigenvalue weighted by atomic mass is 9.66. The Labute approximate surface area is 126 Å². The Kier molecular flexibility index (Phi) is 5.90. The van der Waals surface area contributed by atoms with Crippen LogP contribution in [0.1, 0.15) is 71.4 Å². The summed E-state index contributed by atoms with van der Waals surface area (Å²) in [6, 6.07) is 0. The molecule has 0 fully saturated rings. The van der Waals surface area contributed by atoms with E-state index in [-0.39, 0.29) is 18.3 Å². The number of H-pyrrole nitrogens is 1. The molecule has 1 aromatic heterocycles. The van der Waals surface area contributed by atoms with Gasteiger partial charge in [0.05, 0.1) is 5.41 Å². The highest BCUT2D eigenvalue weighted by molar-refractivity contribution is 5.02. The van der Waals surface area contributed by atoms with E-state index in [0.717, 1.165) is 12.8 Å². The molecule has 4 N–H and O–H groups in total. The van der Waals surface area contributed by atoms with E-state index in [4.69, 9.17) is 0 Å². The lowest BCUT2D eigenvalue weighted by molar-refractivity contribution is -0.387. The van der Waals surface area contributed by atoms with Gasteiger partial charge in [0, 0.05) is 12.3 Å². The Bertz CT molecular complexity index is 436. The molecule has 0 aliphatic rings. The summed E-state index contributed by atoms with van der Waals surface area (Å²) >= 11 is 0. The van der Waals surface area contributed by atoms with E-state index in [1.807, 2.05) is 34.6 Å². The smallest absolute Gasteiger partial charge is 0.281 e. The molecule has 1 unspecified atom stereocenters. The first kappa shape index (κ1) is 18.1. The van der Waals surface area contributed by atoms with Gasteiger partial charge in [0.2, 0.25) is 0 Å². The fourth-order valence-electron chi connectivity index (χ4n) is 3.20. The summed E-state index contributed by atoms with van der Waals surface area (Å²) < 4.78 is 0. The normalized spacial score (nSPS) is 15.7. The van der Waals surface area contributed by atoms with Gasteiger partial charge in [-0.25, -0.2) is 4.98 Å². The Morgan fingerprint density at radius 2 is 1.67 bits per heavy atom. The molecule has 0 spiro atoms. The van der Waals surface area contributed by atoms with Crippen molar-refractivity contribution in [2.24, 2.45) is 11.3 Å². The van der Waals surface area contributed by atoms with Crippen LogP contribution in [0.2, 0.25) is 0 Å². The largest absolute Gasteiger partial charge is 0.343 e. The summed E-state index contributed by atoms with van der Waals surface area (Å²) in [5.74, 6) is -1.31. The van der Waals surface area contributed by atoms with E-state index in [2.05, 4.69) is 15.2 Å². The van der Waals surface area contributed by atoms with Gasteiger partial charge < -0.3 is 15.3 Å². The van der Waals surface area contributed by atoms with E-state index >= 15 is 0 Å². The zero-order valence-electron chi connectivity index (χ0n) is 13.7. The van der Waals surface area contributed by atoms with Gasteiger partial charge >= 0.3 is 0 Å². The highest BCUT2D eigenvalue weighted by atomic mass is 16.7. The van der Waals surface area contributed by atoms with E-state index in [9.17, 15) is 15.3 Å². The van der Waals surface area contributed by atoms with Gasteiger partial charge in [0.25, 0.3) is 5.97 Å². The van der Waals surface area contributed by atoms with Crippen LogP contribution in [0.5, 0.6) is 0 Å². The van der Waals surface area contributed by atoms with E-state index in [0.29, 0.717) is 18.1 Å². The number of aromatic amines is 1. The van der Waals surface area contributed by atoms with Crippen molar-refractivity contribution in [3.63, 3.8) is 0 Å². The Hall–Kier alpha value is -0.980. The summed E-state index contributed by atoms with van der Waals surface area (Å²) in [6.45, 7) is 9.83. The lowest BCUT2D eigenvalue weighted by Crippen LogP contribution is -2.54. The van der Waals surface area contributed by atoms with Gasteiger partial charge in [-0.3, -0.25) is 5.10 Å². The number of nitrogens with one attached hydrogen (secondary N) is 1. The monoisotopic (exact) mass is 299 g/mol. The minimum absolute atomic E-state index is 0.0323. The summed E-state index contributed by atoms with van der Waals surface area (Å²) in [4.78, 5) is 4.41. The second-order valence-electron chi connectivity index (χ2n) is 6.13. The van der Waals surface area contributed by atoms with Crippen LogP contribution >= 0.6 is 0 Å². The van der Waals surface area contributed by atoms with E-state index in [1.165, 1.54) is 0 Å². The van der Waals surface area contributed by atoms with Crippen LogP contribution in [-0.2, 0) is 6.42 Å². The molecular formula is C15H29N3O3. The van der Waals surface area contributed by atoms with Crippen molar-refractivity contribution in [3.8, 4) is 0 Å². The first-order valence-corrected chi connectivity index (χ1v) is 7.80. The molecule has 122 valence electrons. The number of hydrogen-bond donors (Lipinski definition) is 4. The first-order valence-electron chi connectivity index (χ1n) is 7.80. The van der Waals surface area contributed by atoms with Crippen LogP contribution in [-0.4, -0.2) is 36.5 Å². The fourth-order valence-corrected chi connectivity index (χ4v) is 3.20. The number of aromatic nitrogens is 3. The van der Waals surface area contributed by atoms with Crippen LogP contribution in [0.3, 0.4) is 0 Å². The molecule has 0 aliphatic heterocycles. The molecule has 1 rings (SSSR count). The summed E-state index contributed by atoms with van der Waals surface area (Å²) in [6.07, 6.45) is 2.18. The second-order valence-corrected chi connectivity index (χ2v) is 6.13. The third-order valence-corrected chi connectivity index (χ3v) is 4.61. The molecule has 1 aromatic rings. The molecule has 1 atom stereocenters. The van der Waals surface area contributed by atoms with Crippen molar-refractivity contribution in [1.82, 2.24) is 15.2 Å². The molecule has 21 heavy (non-hydrogen) atoms. The second kappa shape index (κ2) is 6.85. The third kappa shape index (κ3) is 3.62. The highest BCUT2D eigenvalue weighted by Crippen LogP contribution is 2.45. The molecule has 1 heterocycles. The SMILES string of the molecule is CCC(CC)C(CC)(Cc1nc(C(C)C)n[nH]1)C(O)(O)O. The maximum atomic E-state index is 9.99. The molecule has 6 heteroatoms. The number of rotatable bonds is 8. The number of hydrogen-bond acceptors (Lipinski definition) is 5. The molecule has 0 radical (unpaired) electrons.